The summed E-state index contributed by atoms with van der Waals surface area (Å²) >= 11 is 0. The molecule has 1 fully saturated rings. The van der Waals surface area contributed by atoms with Crippen LogP contribution in [0, 0.1) is 23.0 Å². The molecule has 0 saturated carbocycles. The van der Waals surface area contributed by atoms with Gasteiger partial charge in [-0.2, -0.15) is 5.26 Å². The third-order valence-corrected chi connectivity index (χ3v) is 4.35. The van der Waals surface area contributed by atoms with Crippen molar-refractivity contribution in [2.45, 2.75) is 6.04 Å². The van der Waals surface area contributed by atoms with E-state index in [0.29, 0.717) is 25.4 Å². The third-order valence-electron chi connectivity index (χ3n) is 4.35. The predicted molar refractivity (Wildman–Crippen MR) is 91.1 cm³/mol. The largest absolute Gasteiger partial charge is 0.382 e. The summed E-state index contributed by atoms with van der Waals surface area (Å²) in [5, 5.41) is 12.3. The fraction of sp³-hybridized carbons (Fsp3) is 0.316. The molecule has 1 saturated heterocycles. The molecule has 0 aromatic heterocycles. The lowest BCUT2D eigenvalue weighted by Gasteiger charge is -2.35. The standard InChI is InChI=1S/C19H19F2N3O/c20-15-6-4-14(5-7-15)19(24-8-10-25-11-9-24)13-23-18-3-1-2-17(21)16(18)12-22/h1-7,19,23H,8-11,13H2. The van der Waals surface area contributed by atoms with Crippen molar-refractivity contribution in [3.63, 3.8) is 0 Å². The number of rotatable bonds is 5. The Hall–Kier alpha value is -2.49. The molecule has 0 bridgehead atoms. The van der Waals surface area contributed by atoms with Crippen LogP contribution in [0.15, 0.2) is 42.5 Å². The zero-order valence-electron chi connectivity index (χ0n) is 13.7. The van der Waals surface area contributed by atoms with Crippen molar-refractivity contribution >= 4 is 5.69 Å². The van der Waals surface area contributed by atoms with Gasteiger partial charge in [0.2, 0.25) is 0 Å². The average Bonchev–Trinajstić information content (AvgIpc) is 2.64. The summed E-state index contributed by atoms with van der Waals surface area (Å²) in [6.45, 7) is 3.28. The van der Waals surface area contributed by atoms with Crippen LogP contribution in [-0.2, 0) is 4.74 Å². The van der Waals surface area contributed by atoms with Crippen LogP contribution in [-0.4, -0.2) is 37.7 Å². The Balaban J connectivity index is 1.81. The molecule has 130 valence electrons. The van der Waals surface area contributed by atoms with Crippen LogP contribution < -0.4 is 5.32 Å². The number of benzene rings is 2. The number of hydrogen-bond donors (Lipinski definition) is 1. The molecule has 1 aliphatic rings. The van der Waals surface area contributed by atoms with Crippen molar-refractivity contribution in [3.05, 3.63) is 65.2 Å². The van der Waals surface area contributed by atoms with E-state index in [4.69, 9.17) is 10.00 Å². The Morgan fingerprint density at radius 1 is 1.12 bits per heavy atom. The molecule has 6 heteroatoms. The topological polar surface area (TPSA) is 48.3 Å². The maximum atomic E-state index is 13.8. The van der Waals surface area contributed by atoms with Crippen LogP contribution in [0.25, 0.3) is 0 Å². The number of anilines is 1. The van der Waals surface area contributed by atoms with Crippen LogP contribution in [0.2, 0.25) is 0 Å². The van der Waals surface area contributed by atoms with E-state index >= 15 is 0 Å². The minimum Gasteiger partial charge on any atom is -0.382 e. The zero-order valence-corrected chi connectivity index (χ0v) is 13.7. The van der Waals surface area contributed by atoms with Gasteiger partial charge in [-0.1, -0.05) is 18.2 Å². The van der Waals surface area contributed by atoms with Crippen molar-refractivity contribution in [1.29, 1.82) is 5.26 Å². The van der Waals surface area contributed by atoms with Crippen LogP contribution in [0.5, 0.6) is 0 Å². The summed E-state index contributed by atoms with van der Waals surface area (Å²) in [5.41, 5.74) is 1.43. The highest BCUT2D eigenvalue weighted by Crippen LogP contribution is 2.25. The highest BCUT2D eigenvalue weighted by atomic mass is 19.1. The first kappa shape index (κ1) is 17.3. The highest BCUT2D eigenvalue weighted by Gasteiger charge is 2.23. The van der Waals surface area contributed by atoms with E-state index in [1.54, 1.807) is 24.3 Å². The van der Waals surface area contributed by atoms with E-state index in [0.717, 1.165) is 18.7 Å². The van der Waals surface area contributed by atoms with Gasteiger partial charge in [0.25, 0.3) is 0 Å². The minimum atomic E-state index is -0.544. The van der Waals surface area contributed by atoms with Gasteiger partial charge < -0.3 is 10.1 Å². The zero-order chi connectivity index (χ0) is 17.6. The number of nitrogens with one attached hydrogen (secondary N) is 1. The van der Waals surface area contributed by atoms with Crippen molar-refractivity contribution in [2.24, 2.45) is 0 Å². The lowest BCUT2D eigenvalue weighted by atomic mass is 10.0. The molecular weight excluding hydrogens is 324 g/mol. The normalized spacial score (nSPS) is 16.2. The maximum absolute atomic E-state index is 13.8. The van der Waals surface area contributed by atoms with Crippen molar-refractivity contribution in [2.75, 3.05) is 38.2 Å². The number of morpholine rings is 1. The first-order valence-electron chi connectivity index (χ1n) is 8.19. The summed E-state index contributed by atoms with van der Waals surface area (Å²) < 4.78 is 32.4. The summed E-state index contributed by atoms with van der Waals surface area (Å²) in [4.78, 5) is 2.25. The number of nitrogens with zero attached hydrogens (tertiary/aromatic N) is 2. The van der Waals surface area contributed by atoms with Gasteiger partial charge in [0.05, 0.1) is 24.9 Å². The third kappa shape index (κ3) is 4.13. The van der Waals surface area contributed by atoms with Gasteiger partial charge in [-0.15, -0.1) is 0 Å². The van der Waals surface area contributed by atoms with Crippen LogP contribution in [0.3, 0.4) is 0 Å². The van der Waals surface area contributed by atoms with Crippen molar-refractivity contribution in [3.8, 4) is 6.07 Å². The smallest absolute Gasteiger partial charge is 0.143 e. The van der Waals surface area contributed by atoms with Crippen molar-refractivity contribution in [1.82, 2.24) is 4.90 Å². The molecule has 1 heterocycles. The van der Waals surface area contributed by atoms with Gasteiger partial charge in [-0.05, 0) is 29.8 Å². The molecular formula is C19H19F2N3O. The molecule has 0 spiro atoms. The molecule has 1 atom stereocenters. The van der Waals surface area contributed by atoms with Gasteiger partial charge in [0.1, 0.15) is 23.3 Å². The molecule has 2 aromatic carbocycles. The molecule has 4 nitrogen and oxygen atoms in total. The van der Waals surface area contributed by atoms with Gasteiger partial charge in [0, 0.05) is 19.6 Å². The second-order valence-electron chi connectivity index (χ2n) is 5.87. The fourth-order valence-electron chi connectivity index (χ4n) is 3.02. The van der Waals surface area contributed by atoms with E-state index in [9.17, 15) is 8.78 Å². The summed E-state index contributed by atoms with van der Waals surface area (Å²) in [5.74, 6) is -0.827. The van der Waals surface area contributed by atoms with Crippen LogP contribution in [0.1, 0.15) is 17.2 Å². The second-order valence-corrected chi connectivity index (χ2v) is 5.87. The number of nitriles is 1. The summed E-state index contributed by atoms with van der Waals surface area (Å²) in [6, 6.07) is 12.8. The van der Waals surface area contributed by atoms with E-state index in [-0.39, 0.29) is 17.4 Å². The second kappa shape index (κ2) is 8.06. The number of hydrogen-bond acceptors (Lipinski definition) is 4. The molecule has 25 heavy (non-hydrogen) atoms. The molecule has 2 aromatic rings. The molecule has 1 unspecified atom stereocenters. The highest BCUT2D eigenvalue weighted by molar-refractivity contribution is 5.58. The first-order chi connectivity index (χ1) is 12.2. The molecule has 0 amide bonds. The number of ether oxygens (including phenoxy) is 1. The fourth-order valence-corrected chi connectivity index (χ4v) is 3.02. The molecule has 0 radical (unpaired) electrons. The Kier molecular flexibility index (Phi) is 5.59. The van der Waals surface area contributed by atoms with E-state index in [1.807, 2.05) is 6.07 Å². The van der Waals surface area contributed by atoms with Crippen LogP contribution in [0.4, 0.5) is 14.5 Å². The first-order valence-corrected chi connectivity index (χ1v) is 8.19. The number of halogens is 2. The Morgan fingerprint density at radius 2 is 1.84 bits per heavy atom. The monoisotopic (exact) mass is 343 g/mol. The van der Waals surface area contributed by atoms with E-state index in [1.165, 1.54) is 18.2 Å². The van der Waals surface area contributed by atoms with E-state index < -0.39 is 5.82 Å². The average molecular weight is 343 g/mol. The maximum Gasteiger partial charge on any atom is 0.143 e. The van der Waals surface area contributed by atoms with Gasteiger partial charge in [-0.25, -0.2) is 8.78 Å². The van der Waals surface area contributed by atoms with Gasteiger partial charge in [0.15, 0.2) is 0 Å². The predicted octanol–water partition coefficient (Wildman–Crippen LogP) is 3.32. The van der Waals surface area contributed by atoms with E-state index in [2.05, 4.69) is 10.2 Å². The van der Waals surface area contributed by atoms with Crippen LogP contribution >= 0.6 is 0 Å². The lowest BCUT2D eigenvalue weighted by molar-refractivity contribution is 0.0187. The summed E-state index contributed by atoms with van der Waals surface area (Å²) in [7, 11) is 0. The van der Waals surface area contributed by atoms with Gasteiger partial charge >= 0.3 is 0 Å². The van der Waals surface area contributed by atoms with Gasteiger partial charge in [-0.3, -0.25) is 4.90 Å². The Bertz CT molecular complexity index is 752. The van der Waals surface area contributed by atoms with Crippen molar-refractivity contribution < 1.29 is 13.5 Å². The minimum absolute atomic E-state index is 0.00216. The Morgan fingerprint density at radius 3 is 2.52 bits per heavy atom. The quantitative estimate of drug-likeness (QED) is 0.905. The SMILES string of the molecule is N#Cc1c(F)cccc1NCC(c1ccc(F)cc1)N1CCOCC1. The molecule has 1 aliphatic heterocycles. The molecule has 0 aliphatic carbocycles. The molecule has 3 rings (SSSR count). The molecule has 1 N–H and O–H groups in total. The lowest BCUT2D eigenvalue weighted by Crippen LogP contribution is -2.41. The Labute approximate surface area is 145 Å². The summed E-state index contributed by atoms with van der Waals surface area (Å²) in [6.07, 6.45) is 0.